The molecule has 0 aliphatic heterocycles. The minimum atomic E-state index is -0.00165. The summed E-state index contributed by atoms with van der Waals surface area (Å²) in [7, 11) is 0. The molecule has 3 nitrogen and oxygen atoms in total. The van der Waals surface area contributed by atoms with Gasteiger partial charge in [0.25, 0.3) is 5.91 Å². The summed E-state index contributed by atoms with van der Waals surface area (Å²) in [5.41, 5.74) is 0.714. The van der Waals surface area contributed by atoms with E-state index in [2.05, 4.69) is 22.6 Å². The maximum Gasteiger partial charge on any atom is 0.255 e. The van der Waals surface area contributed by atoms with Crippen molar-refractivity contribution in [3.63, 3.8) is 0 Å². The van der Waals surface area contributed by atoms with Crippen molar-refractivity contribution in [2.24, 2.45) is 0 Å². The average molecular weight is 339 g/mol. The molecule has 0 atom stereocenters. The van der Waals surface area contributed by atoms with Gasteiger partial charge in [-0.25, -0.2) is 0 Å². The van der Waals surface area contributed by atoms with Gasteiger partial charge in [0.2, 0.25) is 0 Å². The van der Waals surface area contributed by atoms with E-state index in [0.29, 0.717) is 12.1 Å². The number of carbonyl (C=O) groups is 1. The standard InChI is InChI=1S/C10H14INO2S/c1-7(2)12(3-4-13)10(14)8-5-9(11)15-6-8/h5-7,13H,3-4H2,1-2H3. The number of hydrogen-bond donors (Lipinski definition) is 1. The third-order valence-electron chi connectivity index (χ3n) is 2.04. The molecule has 1 rings (SSSR count). The second-order valence-corrected chi connectivity index (χ2v) is 6.26. The molecule has 1 aromatic rings. The van der Waals surface area contributed by atoms with Crippen LogP contribution in [-0.4, -0.2) is 35.1 Å². The van der Waals surface area contributed by atoms with Crippen LogP contribution in [-0.2, 0) is 0 Å². The quantitative estimate of drug-likeness (QED) is 0.855. The van der Waals surface area contributed by atoms with E-state index >= 15 is 0 Å². The summed E-state index contributed by atoms with van der Waals surface area (Å²) in [6.45, 7) is 4.30. The van der Waals surface area contributed by atoms with Crippen LogP contribution >= 0.6 is 33.9 Å². The Morgan fingerprint density at radius 1 is 1.67 bits per heavy atom. The molecule has 15 heavy (non-hydrogen) atoms. The van der Waals surface area contributed by atoms with Gasteiger partial charge in [-0.15, -0.1) is 11.3 Å². The van der Waals surface area contributed by atoms with Gasteiger partial charge in [-0.2, -0.15) is 0 Å². The molecule has 0 bridgehead atoms. The summed E-state index contributed by atoms with van der Waals surface area (Å²) in [5.74, 6) is -0.00165. The van der Waals surface area contributed by atoms with Gasteiger partial charge in [0.15, 0.2) is 0 Å². The Bertz CT molecular complexity index is 338. The van der Waals surface area contributed by atoms with E-state index in [-0.39, 0.29) is 18.6 Å². The van der Waals surface area contributed by atoms with Crippen molar-refractivity contribution in [3.8, 4) is 0 Å². The van der Waals surface area contributed by atoms with E-state index in [4.69, 9.17) is 5.11 Å². The molecule has 0 fully saturated rings. The van der Waals surface area contributed by atoms with Crippen molar-refractivity contribution < 1.29 is 9.90 Å². The predicted octanol–water partition coefficient (Wildman–Crippen LogP) is 2.20. The Kier molecular flexibility index (Phi) is 5.01. The van der Waals surface area contributed by atoms with E-state index in [0.717, 1.165) is 2.88 Å². The molecule has 0 unspecified atom stereocenters. The zero-order chi connectivity index (χ0) is 11.4. The van der Waals surface area contributed by atoms with Gasteiger partial charge in [0, 0.05) is 18.0 Å². The SMILES string of the molecule is CC(C)N(CCO)C(=O)c1csc(I)c1. The lowest BCUT2D eigenvalue weighted by Crippen LogP contribution is -2.38. The second-order valence-electron chi connectivity index (χ2n) is 3.46. The number of nitrogens with zero attached hydrogens (tertiary/aromatic N) is 1. The van der Waals surface area contributed by atoms with Gasteiger partial charge in [-0.1, -0.05) is 0 Å². The molecule has 0 aliphatic carbocycles. The minimum absolute atomic E-state index is 0.00165. The number of amides is 1. The first-order valence-electron chi connectivity index (χ1n) is 4.72. The van der Waals surface area contributed by atoms with Crippen molar-refractivity contribution >= 4 is 39.8 Å². The summed E-state index contributed by atoms with van der Waals surface area (Å²) < 4.78 is 1.10. The maximum atomic E-state index is 12.0. The van der Waals surface area contributed by atoms with Crippen molar-refractivity contribution in [1.29, 1.82) is 0 Å². The third kappa shape index (κ3) is 3.42. The average Bonchev–Trinajstić information content (AvgIpc) is 2.59. The van der Waals surface area contributed by atoms with Crippen LogP contribution in [0.5, 0.6) is 0 Å². The molecule has 0 aromatic carbocycles. The van der Waals surface area contributed by atoms with Gasteiger partial charge in [0.05, 0.1) is 15.1 Å². The van der Waals surface area contributed by atoms with Gasteiger partial charge in [0.1, 0.15) is 0 Å². The lowest BCUT2D eigenvalue weighted by molar-refractivity contribution is 0.0666. The van der Waals surface area contributed by atoms with Crippen LogP contribution in [0.15, 0.2) is 11.4 Å². The largest absolute Gasteiger partial charge is 0.395 e. The highest BCUT2D eigenvalue weighted by Crippen LogP contribution is 2.18. The zero-order valence-corrected chi connectivity index (χ0v) is 11.7. The molecule has 0 radical (unpaired) electrons. The lowest BCUT2D eigenvalue weighted by atomic mass is 10.2. The third-order valence-corrected chi connectivity index (χ3v) is 3.83. The molecule has 1 aromatic heterocycles. The van der Waals surface area contributed by atoms with Crippen molar-refractivity contribution in [3.05, 3.63) is 19.9 Å². The number of halogens is 1. The van der Waals surface area contributed by atoms with Gasteiger partial charge >= 0.3 is 0 Å². The number of carbonyl (C=O) groups excluding carboxylic acids is 1. The number of aliphatic hydroxyl groups is 1. The summed E-state index contributed by atoms with van der Waals surface area (Å²) in [5, 5.41) is 10.8. The molecule has 0 aliphatic rings. The fourth-order valence-corrected chi connectivity index (χ4v) is 2.61. The van der Waals surface area contributed by atoms with E-state index in [1.54, 1.807) is 16.2 Å². The fraction of sp³-hybridized carbons (Fsp3) is 0.500. The van der Waals surface area contributed by atoms with E-state index < -0.39 is 0 Å². The number of hydrogen-bond acceptors (Lipinski definition) is 3. The zero-order valence-electron chi connectivity index (χ0n) is 8.74. The Balaban J connectivity index is 2.80. The molecule has 1 N–H and O–H groups in total. The smallest absolute Gasteiger partial charge is 0.255 e. The van der Waals surface area contributed by atoms with E-state index in [1.807, 2.05) is 25.3 Å². The van der Waals surface area contributed by atoms with E-state index in [9.17, 15) is 4.79 Å². The van der Waals surface area contributed by atoms with Gasteiger partial charge in [-0.05, 0) is 42.5 Å². The molecular formula is C10H14INO2S. The highest BCUT2D eigenvalue weighted by atomic mass is 127. The van der Waals surface area contributed by atoms with Crippen LogP contribution in [0.4, 0.5) is 0 Å². The summed E-state index contributed by atoms with van der Waals surface area (Å²) in [4.78, 5) is 13.7. The van der Waals surface area contributed by atoms with Crippen LogP contribution in [0.3, 0.4) is 0 Å². The molecule has 0 saturated carbocycles. The molecule has 0 saturated heterocycles. The summed E-state index contributed by atoms with van der Waals surface area (Å²) >= 11 is 3.75. The first-order valence-corrected chi connectivity index (χ1v) is 6.68. The first kappa shape index (κ1) is 12.9. The molecule has 1 amide bonds. The topological polar surface area (TPSA) is 40.5 Å². The number of aliphatic hydroxyl groups excluding tert-OH is 1. The van der Waals surface area contributed by atoms with Crippen molar-refractivity contribution in [2.75, 3.05) is 13.2 Å². The van der Waals surface area contributed by atoms with Crippen molar-refractivity contribution in [2.45, 2.75) is 19.9 Å². The van der Waals surface area contributed by atoms with Crippen LogP contribution < -0.4 is 0 Å². The lowest BCUT2D eigenvalue weighted by Gasteiger charge is -2.25. The Hall–Kier alpha value is -0.140. The molecule has 84 valence electrons. The highest BCUT2D eigenvalue weighted by molar-refractivity contribution is 14.1. The monoisotopic (exact) mass is 339 g/mol. The number of thiophene rings is 1. The van der Waals surface area contributed by atoms with Gasteiger partial charge < -0.3 is 10.0 Å². The molecule has 1 heterocycles. The Labute approximate surface area is 107 Å². The maximum absolute atomic E-state index is 12.0. The molecule has 0 spiro atoms. The minimum Gasteiger partial charge on any atom is -0.395 e. The van der Waals surface area contributed by atoms with Crippen LogP contribution in [0.25, 0.3) is 0 Å². The van der Waals surface area contributed by atoms with Gasteiger partial charge in [-0.3, -0.25) is 4.79 Å². The number of rotatable bonds is 4. The van der Waals surface area contributed by atoms with Crippen LogP contribution in [0.1, 0.15) is 24.2 Å². The predicted molar refractivity (Wildman–Crippen MR) is 70.3 cm³/mol. The molecule has 5 heteroatoms. The molecular weight excluding hydrogens is 325 g/mol. The van der Waals surface area contributed by atoms with E-state index in [1.165, 1.54) is 0 Å². The normalized spacial score (nSPS) is 10.7. The summed E-state index contributed by atoms with van der Waals surface area (Å²) in [6, 6.07) is 1.99. The Morgan fingerprint density at radius 2 is 2.33 bits per heavy atom. The first-order chi connectivity index (χ1) is 7.06. The van der Waals surface area contributed by atoms with Crippen molar-refractivity contribution in [1.82, 2.24) is 4.90 Å². The summed E-state index contributed by atoms with van der Waals surface area (Å²) in [6.07, 6.45) is 0. The van der Waals surface area contributed by atoms with Crippen LogP contribution in [0.2, 0.25) is 0 Å². The highest BCUT2D eigenvalue weighted by Gasteiger charge is 2.18. The Morgan fingerprint density at radius 3 is 2.73 bits per heavy atom. The fourth-order valence-electron chi connectivity index (χ4n) is 1.29. The second kappa shape index (κ2) is 5.81. The van der Waals surface area contributed by atoms with Crippen LogP contribution in [0, 0.1) is 2.88 Å².